The van der Waals surface area contributed by atoms with Gasteiger partial charge in [0.1, 0.15) is 17.1 Å². The van der Waals surface area contributed by atoms with Gasteiger partial charge >= 0.3 is 6.18 Å². The van der Waals surface area contributed by atoms with Gasteiger partial charge in [-0.2, -0.15) is 13.2 Å². The molecule has 38 heavy (non-hydrogen) atoms. The SMILES string of the molecule is Cc1ccccc1NC(=O)COc1ccc2c(=O)c(Oc3ccc4ccccc4c3)c(C(F)(F)F)oc2c1. The van der Waals surface area contributed by atoms with Gasteiger partial charge in [0.25, 0.3) is 11.7 Å². The Morgan fingerprint density at radius 2 is 1.61 bits per heavy atom. The lowest BCUT2D eigenvalue weighted by molar-refractivity contribution is -0.154. The molecule has 6 nitrogen and oxygen atoms in total. The third-order valence-electron chi connectivity index (χ3n) is 5.81. The third-order valence-corrected chi connectivity index (χ3v) is 5.81. The standard InChI is InChI=1S/C29H20F3NO5/c1-17-6-2-5-9-23(17)33-25(34)16-36-20-12-13-22-24(15-20)38-28(29(30,31)32)27(26(22)35)37-21-11-10-18-7-3-4-8-19(18)14-21/h2-15H,16H2,1H3,(H,33,34). The maximum absolute atomic E-state index is 13.9. The number of rotatable bonds is 6. The summed E-state index contributed by atoms with van der Waals surface area (Å²) in [6, 6.07) is 22.9. The van der Waals surface area contributed by atoms with Crippen LogP contribution in [0.2, 0.25) is 0 Å². The first-order valence-electron chi connectivity index (χ1n) is 11.5. The molecule has 0 aliphatic carbocycles. The van der Waals surface area contributed by atoms with E-state index in [1.165, 1.54) is 24.3 Å². The summed E-state index contributed by atoms with van der Waals surface area (Å²) in [5.74, 6) is -2.89. The first-order chi connectivity index (χ1) is 18.2. The van der Waals surface area contributed by atoms with E-state index in [0.717, 1.165) is 22.4 Å². The molecule has 0 aliphatic heterocycles. The highest BCUT2D eigenvalue weighted by atomic mass is 19.4. The van der Waals surface area contributed by atoms with E-state index < -0.39 is 35.6 Å². The molecule has 0 unspecified atom stereocenters. The van der Waals surface area contributed by atoms with Crippen LogP contribution < -0.4 is 20.2 Å². The van der Waals surface area contributed by atoms with Crippen molar-refractivity contribution in [1.82, 2.24) is 0 Å². The van der Waals surface area contributed by atoms with Gasteiger partial charge in [-0.1, -0.05) is 48.5 Å². The number of hydrogen-bond acceptors (Lipinski definition) is 5. The van der Waals surface area contributed by atoms with E-state index in [0.29, 0.717) is 5.69 Å². The number of nitrogens with one attached hydrogen (secondary N) is 1. The van der Waals surface area contributed by atoms with Crippen molar-refractivity contribution in [2.45, 2.75) is 13.1 Å². The highest BCUT2D eigenvalue weighted by molar-refractivity contribution is 5.92. The number of carbonyl (C=O) groups excluding carboxylic acids is 1. The molecule has 0 spiro atoms. The number of fused-ring (bicyclic) bond motifs is 2. The molecule has 5 aromatic rings. The van der Waals surface area contributed by atoms with Crippen LogP contribution in [0.1, 0.15) is 11.3 Å². The van der Waals surface area contributed by atoms with Gasteiger partial charge in [-0.25, -0.2) is 0 Å². The second-order valence-corrected chi connectivity index (χ2v) is 8.51. The molecular weight excluding hydrogens is 499 g/mol. The average Bonchev–Trinajstić information content (AvgIpc) is 2.89. The smallest absolute Gasteiger partial charge is 0.453 e. The number of halogens is 3. The molecule has 1 heterocycles. The van der Waals surface area contributed by atoms with Crippen LogP contribution in [-0.2, 0) is 11.0 Å². The van der Waals surface area contributed by atoms with E-state index in [2.05, 4.69) is 5.32 Å². The number of carbonyl (C=O) groups is 1. The summed E-state index contributed by atoms with van der Waals surface area (Å²) >= 11 is 0. The van der Waals surface area contributed by atoms with Crippen molar-refractivity contribution in [2.75, 3.05) is 11.9 Å². The minimum atomic E-state index is -5.01. The molecule has 1 aromatic heterocycles. The Morgan fingerprint density at radius 3 is 2.37 bits per heavy atom. The molecule has 4 aromatic carbocycles. The van der Waals surface area contributed by atoms with Crippen LogP contribution in [0, 0.1) is 6.92 Å². The van der Waals surface area contributed by atoms with Crippen molar-refractivity contribution in [1.29, 1.82) is 0 Å². The van der Waals surface area contributed by atoms with E-state index in [4.69, 9.17) is 13.9 Å². The number of anilines is 1. The molecule has 9 heteroatoms. The highest BCUT2D eigenvalue weighted by Gasteiger charge is 2.40. The number of amides is 1. The van der Waals surface area contributed by atoms with Gasteiger partial charge in [0.15, 0.2) is 6.61 Å². The van der Waals surface area contributed by atoms with Crippen LogP contribution in [0.4, 0.5) is 18.9 Å². The van der Waals surface area contributed by atoms with E-state index in [1.54, 1.807) is 30.3 Å². The van der Waals surface area contributed by atoms with Crippen molar-refractivity contribution in [3.05, 3.63) is 106 Å². The van der Waals surface area contributed by atoms with Crippen molar-refractivity contribution >= 4 is 33.3 Å². The minimum absolute atomic E-state index is 0.0527. The fourth-order valence-corrected chi connectivity index (χ4v) is 3.92. The van der Waals surface area contributed by atoms with Gasteiger partial charge in [0.2, 0.25) is 11.2 Å². The van der Waals surface area contributed by atoms with Crippen molar-refractivity contribution in [3.63, 3.8) is 0 Å². The van der Waals surface area contributed by atoms with Crippen molar-refractivity contribution < 1.29 is 31.9 Å². The number of alkyl halides is 3. The third kappa shape index (κ3) is 5.17. The van der Waals surface area contributed by atoms with Gasteiger partial charge in [0.05, 0.1) is 5.39 Å². The van der Waals surface area contributed by atoms with Crippen LogP contribution in [0.5, 0.6) is 17.2 Å². The van der Waals surface area contributed by atoms with Crippen molar-refractivity contribution in [3.8, 4) is 17.2 Å². The lowest BCUT2D eigenvalue weighted by Gasteiger charge is -2.14. The minimum Gasteiger partial charge on any atom is -0.484 e. The van der Waals surface area contributed by atoms with Gasteiger partial charge in [-0.3, -0.25) is 9.59 Å². The van der Waals surface area contributed by atoms with E-state index in [-0.39, 0.29) is 22.5 Å². The molecule has 0 aliphatic rings. The van der Waals surface area contributed by atoms with E-state index in [1.807, 2.05) is 31.2 Å². The molecule has 0 atom stereocenters. The topological polar surface area (TPSA) is 77.8 Å². The first-order valence-corrected chi connectivity index (χ1v) is 11.5. The lowest BCUT2D eigenvalue weighted by atomic mass is 10.1. The Bertz CT molecular complexity index is 1730. The maximum Gasteiger partial charge on any atom is 0.453 e. The largest absolute Gasteiger partial charge is 0.484 e. The summed E-state index contributed by atoms with van der Waals surface area (Å²) in [6.45, 7) is 1.43. The number of hydrogen-bond donors (Lipinski definition) is 1. The fourth-order valence-electron chi connectivity index (χ4n) is 3.92. The molecule has 1 amide bonds. The Kier molecular flexibility index (Phi) is 6.50. The molecule has 0 bridgehead atoms. The predicted octanol–water partition coefficient (Wildman–Crippen LogP) is 7.08. The summed E-state index contributed by atoms with van der Waals surface area (Å²) in [4.78, 5) is 25.4. The second kappa shape index (κ2) is 9.93. The summed E-state index contributed by atoms with van der Waals surface area (Å²) in [6.07, 6.45) is -5.01. The number of para-hydroxylation sites is 1. The van der Waals surface area contributed by atoms with Gasteiger partial charge in [0, 0.05) is 11.8 Å². The molecule has 0 saturated carbocycles. The van der Waals surface area contributed by atoms with Crippen LogP contribution in [0.25, 0.3) is 21.7 Å². The Balaban J connectivity index is 1.43. The number of ether oxygens (including phenoxy) is 2. The highest BCUT2D eigenvalue weighted by Crippen LogP contribution is 2.39. The van der Waals surface area contributed by atoms with Crippen molar-refractivity contribution in [2.24, 2.45) is 0 Å². The summed E-state index contributed by atoms with van der Waals surface area (Å²) in [5, 5.41) is 4.16. The normalized spacial score (nSPS) is 11.5. The Morgan fingerprint density at radius 1 is 0.895 bits per heavy atom. The van der Waals surface area contributed by atoms with Gasteiger partial charge in [-0.05, 0) is 53.6 Å². The van der Waals surface area contributed by atoms with Gasteiger partial charge in [-0.15, -0.1) is 0 Å². The zero-order valence-electron chi connectivity index (χ0n) is 20.0. The van der Waals surface area contributed by atoms with Crippen LogP contribution in [0.3, 0.4) is 0 Å². The zero-order chi connectivity index (χ0) is 26.9. The number of benzene rings is 4. The van der Waals surface area contributed by atoms with E-state index >= 15 is 0 Å². The summed E-state index contributed by atoms with van der Waals surface area (Å²) in [5.41, 5.74) is 0.120. The van der Waals surface area contributed by atoms with Crippen LogP contribution >= 0.6 is 0 Å². The monoisotopic (exact) mass is 519 g/mol. The molecule has 0 radical (unpaired) electrons. The molecule has 0 fully saturated rings. The zero-order valence-corrected chi connectivity index (χ0v) is 20.0. The molecule has 192 valence electrons. The Labute approximate surface area is 214 Å². The summed E-state index contributed by atoms with van der Waals surface area (Å²) < 4.78 is 57.7. The second-order valence-electron chi connectivity index (χ2n) is 8.51. The predicted molar refractivity (Wildman–Crippen MR) is 137 cm³/mol. The first kappa shape index (κ1) is 24.9. The molecule has 1 N–H and O–H groups in total. The lowest BCUT2D eigenvalue weighted by Crippen LogP contribution is -2.20. The molecular formula is C29H20F3NO5. The Hall–Kier alpha value is -4.79. The van der Waals surface area contributed by atoms with E-state index in [9.17, 15) is 22.8 Å². The maximum atomic E-state index is 13.9. The van der Waals surface area contributed by atoms with Crippen LogP contribution in [0.15, 0.2) is 94.1 Å². The average molecular weight is 519 g/mol. The number of aryl methyl sites for hydroxylation is 1. The van der Waals surface area contributed by atoms with Gasteiger partial charge < -0.3 is 19.2 Å². The quantitative estimate of drug-likeness (QED) is 0.259. The van der Waals surface area contributed by atoms with Crippen LogP contribution in [-0.4, -0.2) is 12.5 Å². The molecule has 5 rings (SSSR count). The molecule has 0 saturated heterocycles. The summed E-state index contributed by atoms with van der Waals surface area (Å²) in [7, 11) is 0. The fraction of sp³-hybridized carbons (Fsp3) is 0.103.